The standard InChI is InChI=1S/C22H28N4O3/c1-15(27)26(5)19-11-9-16(10-12-19)23-14-20(28)24-17-7-6-8-18(13-17)25-21(29)22(2,3)4/h6-13,23H,14H2,1-5H3,(H,24,28)(H,25,29). The van der Waals surface area contributed by atoms with Crippen LogP contribution < -0.4 is 20.9 Å². The molecule has 0 saturated heterocycles. The molecule has 0 spiro atoms. The second kappa shape index (κ2) is 9.23. The van der Waals surface area contributed by atoms with Crippen molar-refractivity contribution in [3.05, 3.63) is 48.5 Å². The van der Waals surface area contributed by atoms with Gasteiger partial charge in [-0.1, -0.05) is 26.8 Å². The number of nitrogens with zero attached hydrogens (tertiary/aromatic N) is 1. The van der Waals surface area contributed by atoms with E-state index in [4.69, 9.17) is 0 Å². The van der Waals surface area contributed by atoms with Gasteiger partial charge in [-0.2, -0.15) is 0 Å². The minimum Gasteiger partial charge on any atom is -0.376 e. The third-order valence-electron chi connectivity index (χ3n) is 4.27. The number of rotatable bonds is 6. The fourth-order valence-corrected chi connectivity index (χ4v) is 2.37. The van der Waals surface area contributed by atoms with Crippen LogP contribution in [0.2, 0.25) is 0 Å². The minimum absolute atomic E-state index is 0.0500. The highest BCUT2D eigenvalue weighted by atomic mass is 16.2. The van der Waals surface area contributed by atoms with Gasteiger partial charge in [0.2, 0.25) is 17.7 Å². The normalized spacial score (nSPS) is 10.8. The molecule has 2 aromatic carbocycles. The van der Waals surface area contributed by atoms with Crippen molar-refractivity contribution in [1.82, 2.24) is 0 Å². The summed E-state index contributed by atoms with van der Waals surface area (Å²) in [5.41, 5.74) is 2.27. The number of hydrogen-bond donors (Lipinski definition) is 3. The quantitative estimate of drug-likeness (QED) is 0.694. The van der Waals surface area contributed by atoms with Crippen molar-refractivity contribution in [2.75, 3.05) is 34.4 Å². The van der Waals surface area contributed by atoms with Crippen LogP contribution in [-0.4, -0.2) is 31.3 Å². The fourth-order valence-electron chi connectivity index (χ4n) is 2.37. The third-order valence-corrected chi connectivity index (χ3v) is 4.27. The zero-order valence-corrected chi connectivity index (χ0v) is 17.5. The molecule has 0 fully saturated rings. The van der Waals surface area contributed by atoms with Crippen molar-refractivity contribution < 1.29 is 14.4 Å². The van der Waals surface area contributed by atoms with Gasteiger partial charge >= 0.3 is 0 Å². The lowest BCUT2D eigenvalue weighted by molar-refractivity contribution is -0.123. The van der Waals surface area contributed by atoms with E-state index in [0.29, 0.717) is 11.4 Å². The first-order valence-corrected chi connectivity index (χ1v) is 9.36. The zero-order valence-electron chi connectivity index (χ0n) is 17.5. The summed E-state index contributed by atoms with van der Waals surface area (Å²) in [5, 5.41) is 8.69. The van der Waals surface area contributed by atoms with Crippen LogP contribution in [0.25, 0.3) is 0 Å². The highest BCUT2D eigenvalue weighted by Gasteiger charge is 2.21. The van der Waals surface area contributed by atoms with E-state index in [2.05, 4.69) is 16.0 Å². The van der Waals surface area contributed by atoms with Crippen molar-refractivity contribution in [2.45, 2.75) is 27.7 Å². The maximum absolute atomic E-state index is 12.2. The molecule has 0 aliphatic carbocycles. The number of carbonyl (C=O) groups excluding carboxylic acids is 3. The molecule has 2 aromatic rings. The molecule has 0 saturated carbocycles. The first-order valence-electron chi connectivity index (χ1n) is 9.36. The molecule has 0 aliphatic rings. The van der Waals surface area contributed by atoms with Gasteiger partial charge in [-0.25, -0.2) is 0 Å². The Bertz CT molecular complexity index is 886. The Morgan fingerprint density at radius 3 is 2.03 bits per heavy atom. The van der Waals surface area contributed by atoms with Crippen LogP contribution in [0, 0.1) is 5.41 Å². The van der Waals surface area contributed by atoms with Gasteiger partial charge in [-0.15, -0.1) is 0 Å². The molecule has 3 amide bonds. The summed E-state index contributed by atoms with van der Waals surface area (Å²) in [4.78, 5) is 37.3. The molecule has 0 aliphatic heterocycles. The molecule has 2 rings (SSSR count). The van der Waals surface area contributed by atoms with Gasteiger partial charge in [0, 0.05) is 42.1 Å². The van der Waals surface area contributed by atoms with Gasteiger partial charge in [0.05, 0.1) is 6.54 Å². The van der Waals surface area contributed by atoms with E-state index in [-0.39, 0.29) is 24.3 Å². The number of amides is 3. The van der Waals surface area contributed by atoms with Gasteiger partial charge in [-0.05, 0) is 42.5 Å². The molecule has 0 bridgehead atoms. The Labute approximate surface area is 171 Å². The Balaban J connectivity index is 1.90. The summed E-state index contributed by atoms with van der Waals surface area (Å²) < 4.78 is 0. The molecule has 0 radical (unpaired) electrons. The number of nitrogens with one attached hydrogen (secondary N) is 3. The van der Waals surface area contributed by atoms with Crippen LogP contribution in [0.1, 0.15) is 27.7 Å². The maximum atomic E-state index is 12.2. The largest absolute Gasteiger partial charge is 0.376 e. The van der Waals surface area contributed by atoms with Gasteiger partial charge in [0.15, 0.2) is 0 Å². The van der Waals surface area contributed by atoms with Crippen LogP contribution in [0.4, 0.5) is 22.7 Å². The molecule has 0 heterocycles. The van der Waals surface area contributed by atoms with E-state index in [0.717, 1.165) is 11.4 Å². The lowest BCUT2D eigenvalue weighted by atomic mass is 9.95. The highest BCUT2D eigenvalue weighted by Crippen LogP contribution is 2.20. The second-order valence-corrected chi connectivity index (χ2v) is 7.81. The second-order valence-electron chi connectivity index (χ2n) is 7.81. The van der Waals surface area contributed by atoms with E-state index < -0.39 is 5.41 Å². The monoisotopic (exact) mass is 396 g/mol. The van der Waals surface area contributed by atoms with Crippen LogP contribution in [0.15, 0.2) is 48.5 Å². The van der Waals surface area contributed by atoms with E-state index in [9.17, 15) is 14.4 Å². The van der Waals surface area contributed by atoms with Gasteiger partial charge < -0.3 is 20.9 Å². The van der Waals surface area contributed by atoms with Gasteiger partial charge in [0.25, 0.3) is 0 Å². The molecule has 7 heteroatoms. The summed E-state index contributed by atoms with van der Waals surface area (Å²) >= 11 is 0. The lowest BCUT2D eigenvalue weighted by Crippen LogP contribution is -2.27. The average molecular weight is 396 g/mol. The van der Waals surface area contributed by atoms with Crippen molar-refractivity contribution in [1.29, 1.82) is 0 Å². The molecule has 0 atom stereocenters. The zero-order chi connectivity index (χ0) is 21.6. The highest BCUT2D eigenvalue weighted by molar-refractivity contribution is 5.97. The Morgan fingerprint density at radius 2 is 1.48 bits per heavy atom. The molecule has 0 aromatic heterocycles. The average Bonchev–Trinajstić information content (AvgIpc) is 2.65. The fraction of sp³-hybridized carbons (Fsp3) is 0.318. The molecule has 29 heavy (non-hydrogen) atoms. The van der Waals surface area contributed by atoms with E-state index in [1.165, 1.54) is 6.92 Å². The summed E-state index contributed by atoms with van der Waals surface area (Å²) in [6.45, 7) is 7.10. The number of anilines is 4. The Morgan fingerprint density at radius 1 is 0.897 bits per heavy atom. The van der Waals surface area contributed by atoms with E-state index in [1.54, 1.807) is 36.2 Å². The summed E-state index contributed by atoms with van der Waals surface area (Å²) in [6.07, 6.45) is 0. The van der Waals surface area contributed by atoms with E-state index >= 15 is 0 Å². The summed E-state index contributed by atoms with van der Waals surface area (Å²) in [6, 6.07) is 14.3. The van der Waals surface area contributed by atoms with Crippen molar-refractivity contribution in [3.8, 4) is 0 Å². The predicted octanol–water partition coefficient (Wildman–Crippen LogP) is 3.70. The molecular formula is C22H28N4O3. The number of carbonyl (C=O) groups is 3. The smallest absolute Gasteiger partial charge is 0.243 e. The summed E-state index contributed by atoms with van der Waals surface area (Å²) in [5.74, 6) is -0.359. The van der Waals surface area contributed by atoms with Crippen LogP contribution in [0.5, 0.6) is 0 Å². The Hall–Kier alpha value is -3.35. The predicted molar refractivity (Wildman–Crippen MR) is 117 cm³/mol. The van der Waals surface area contributed by atoms with Gasteiger partial charge in [0.1, 0.15) is 0 Å². The number of benzene rings is 2. The number of hydrogen-bond acceptors (Lipinski definition) is 4. The van der Waals surface area contributed by atoms with Gasteiger partial charge in [-0.3, -0.25) is 14.4 Å². The third kappa shape index (κ3) is 6.64. The lowest BCUT2D eigenvalue weighted by Gasteiger charge is -2.18. The van der Waals surface area contributed by atoms with Crippen LogP contribution in [-0.2, 0) is 14.4 Å². The SMILES string of the molecule is CC(=O)N(C)c1ccc(NCC(=O)Nc2cccc(NC(=O)C(C)(C)C)c2)cc1. The van der Waals surface area contributed by atoms with Crippen LogP contribution >= 0.6 is 0 Å². The van der Waals surface area contributed by atoms with Crippen molar-refractivity contribution in [3.63, 3.8) is 0 Å². The molecule has 3 N–H and O–H groups in total. The van der Waals surface area contributed by atoms with Crippen molar-refractivity contribution in [2.24, 2.45) is 5.41 Å². The molecule has 154 valence electrons. The van der Waals surface area contributed by atoms with Crippen molar-refractivity contribution >= 4 is 40.5 Å². The Kier molecular flexibility index (Phi) is 6.98. The molecule has 0 unspecified atom stereocenters. The topological polar surface area (TPSA) is 90.5 Å². The first kappa shape index (κ1) is 21.9. The minimum atomic E-state index is -0.502. The maximum Gasteiger partial charge on any atom is 0.243 e. The van der Waals surface area contributed by atoms with E-state index in [1.807, 2.05) is 45.0 Å². The molecular weight excluding hydrogens is 368 g/mol. The molecule has 7 nitrogen and oxygen atoms in total. The first-order chi connectivity index (χ1) is 13.6. The summed E-state index contributed by atoms with van der Waals surface area (Å²) in [7, 11) is 1.70. The van der Waals surface area contributed by atoms with Crippen LogP contribution in [0.3, 0.4) is 0 Å².